The number of carbonyl (C=O) groups excluding carboxylic acids is 1. The molecule has 1 fully saturated rings. The molecule has 110 valence electrons. The number of benzene rings is 1. The van der Waals surface area contributed by atoms with Crippen molar-refractivity contribution >= 4 is 11.6 Å². The predicted octanol–water partition coefficient (Wildman–Crippen LogP) is 2.53. The van der Waals surface area contributed by atoms with Crippen molar-refractivity contribution in [2.24, 2.45) is 11.1 Å². The molecule has 5 nitrogen and oxygen atoms in total. The van der Waals surface area contributed by atoms with Gasteiger partial charge in [0, 0.05) is 18.4 Å². The summed E-state index contributed by atoms with van der Waals surface area (Å²) in [6.07, 6.45) is 5.67. The van der Waals surface area contributed by atoms with Crippen LogP contribution in [0.1, 0.15) is 25.7 Å². The number of hydrogen-bond donors (Lipinski definition) is 3. The molecule has 1 amide bonds. The molecule has 0 atom stereocenters. The van der Waals surface area contributed by atoms with E-state index in [2.05, 4.69) is 15.5 Å². The molecule has 1 aliphatic rings. The Balaban J connectivity index is 1.72. The summed E-state index contributed by atoms with van der Waals surface area (Å²) >= 11 is 0. The lowest BCUT2D eigenvalue weighted by atomic mass is 9.85. The molecular formula is C16H20N4O. The SMILES string of the molecule is NCC1(C(=O)Nc2ccc(-c3ccn[nH]3)cc2)CCCC1. The lowest BCUT2D eigenvalue weighted by Crippen LogP contribution is -2.40. The lowest BCUT2D eigenvalue weighted by molar-refractivity contribution is -0.124. The van der Waals surface area contributed by atoms with Crippen molar-refractivity contribution < 1.29 is 4.79 Å². The van der Waals surface area contributed by atoms with Gasteiger partial charge in [0.25, 0.3) is 0 Å². The third kappa shape index (κ3) is 2.69. The van der Waals surface area contributed by atoms with Gasteiger partial charge in [0.15, 0.2) is 0 Å². The standard InChI is InChI=1S/C16H20N4O/c17-11-16(8-1-2-9-16)15(21)19-13-5-3-12(4-6-13)14-7-10-18-20-14/h3-7,10H,1-2,8-9,11,17H2,(H,18,20)(H,19,21). The van der Waals surface area contributed by atoms with Crippen molar-refractivity contribution in [1.82, 2.24) is 10.2 Å². The minimum Gasteiger partial charge on any atom is -0.329 e. The van der Waals surface area contributed by atoms with Gasteiger partial charge in [-0.1, -0.05) is 25.0 Å². The predicted molar refractivity (Wildman–Crippen MR) is 82.6 cm³/mol. The van der Waals surface area contributed by atoms with Gasteiger partial charge < -0.3 is 11.1 Å². The van der Waals surface area contributed by atoms with E-state index in [1.807, 2.05) is 30.3 Å². The Labute approximate surface area is 123 Å². The van der Waals surface area contributed by atoms with E-state index < -0.39 is 0 Å². The van der Waals surface area contributed by atoms with Crippen molar-refractivity contribution in [3.8, 4) is 11.3 Å². The second-order valence-electron chi connectivity index (χ2n) is 5.69. The highest BCUT2D eigenvalue weighted by atomic mass is 16.2. The van der Waals surface area contributed by atoms with Crippen molar-refractivity contribution in [2.45, 2.75) is 25.7 Å². The number of nitrogens with two attached hydrogens (primary N) is 1. The molecule has 21 heavy (non-hydrogen) atoms. The number of anilines is 1. The van der Waals surface area contributed by atoms with Gasteiger partial charge in [0.05, 0.1) is 11.1 Å². The number of carbonyl (C=O) groups is 1. The zero-order valence-corrected chi connectivity index (χ0v) is 11.9. The maximum atomic E-state index is 12.5. The number of rotatable bonds is 4. The van der Waals surface area contributed by atoms with Crippen LogP contribution in [0.3, 0.4) is 0 Å². The normalized spacial score (nSPS) is 16.8. The van der Waals surface area contributed by atoms with Crippen LogP contribution in [0.25, 0.3) is 11.3 Å². The summed E-state index contributed by atoms with van der Waals surface area (Å²) < 4.78 is 0. The molecule has 0 bridgehead atoms. The summed E-state index contributed by atoms with van der Waals surface area (Å²) in [5, 5.41) is 9.86. The van der Waals surface area contributed by atoms with Crippen LogP contribution in [0.2, 0.25) is 0 Å². The first-order valence-corrected chi connectivity index (χ1v) is 7.35. The third-order valence-corrected chi connectivity index (χ3v) is 4.39. The second-order valence-corrected chi connectivity index (χ2v) is 5.69. The first-order chi connectivity index (χ1) is 10.2. The Morgan fingerprint density at radius 1 is 1.24 bits per heavy atom. The van der Waals surface area contributed by atoms with E-state index in [1.54, 1.807) is 6.20 Å². The number of nitrogens with one attached hydrogen (secondary N) is 2. The van der Waals surface area contributed by atoms with Crippen LogP contribution >= 0.6 is 0 Å². The molecule has 2 aromatic rings. The zero-order valence-electron chi connectivity index (χ0n) is 11.9. The molecule has 1 saturated carbocycles. The highest BCUT2D eigenvalue weighted by Gasteiger charge is 2.39. The van der Waals surface area contributed by atoms with E-state index in [1.165, 1.54) is 0 Å². The van der Waals surface area contributed by atoms with Gasteiger partial charge in [0.2, 0.25) is 5.91 Å². The number of aromatic nitrogens is 2. The van der Waals surface area contributed by atoms with Crippen molar-refractivity contribution in [1.29, 1.82) is 0 Å². The minimum atomic E-state index is -0.373. The number of amides is 1. The highest BCUT2D eigenvalue weighted by molar-refractivity contribution is 5.95. The Hall–Kier alpha value is -2.14. The fraction of sp³-hybridized carbons (Fsp3) is 0.375. The van der Waals surface area contributed by atoms with Crippen LogP contribution < -0.4 is 11.1 Å². The lowest BCUT2D eigenvalue weighted by Gasteiger charge is -2.25. The molecule has 0 radical (unpaired) electrons. The van der Waals surface area contributed by atoms with Crippen LogP contribution in [0, 0.1) is 5.41 Å². The van der Waals surface area contributed by atoms with Crippen molar-refractivity contribution in [2.75, 3.05) is 11.9 Å². The van der Waals surface area contributed by atoms with E-state index in [0.29, 0.717) is 6.54 Å². The molecule has 1 aliphatic carbocycles. The van der Waals surface area contributed by atoms with Crippen LogP contribution in [0.5, 0.6) is 0 Å². The molecule has 0 unspecified atom stereocenters. The molecule has 0 aliphatic heterocycles. The molecule has 1 aromatic carbocycles. The molecule has 5 heteroatoms. The summed E-state index contributed by atoms with van der Waals surface area (Å²) in [5.74, 6) is 0.0526. The van der Waals surface area contributed by atoms with Gasteiger partial charge >= 0.3 is 0 Å². The smallest absolute Gasteiger partial charge is 0.231 e. The number of nitrogens with zero attached hydrogens (tertiary/aromatic N) is 1. The van der Waals surface area contributed by atoms with E-state index in [4.69, 9.17) is 5.73 Å². The number of hydrogen-bond acceptors (Lipinski definition) is 3. The fourth-order valence-electron chi connectivity index (χ4n) is 2.99. The summed E-state index contributed by atoms with van der Waals surface area (Å²) in [6, 6.07) is 9.66. The van der Waals surface area contributed by atoms with Crippen LogP contribution in [-0.4, -0.2) is 22.6 Å². The van der Waals surface area contributed by atoms with Gasteiger partial charge in [-0.25, -0.2) is 0 Å². The van der Waals surface area contributed by atoms with Crippen molar-refractivity contribution in [3.63, 3.8) is 0 Å². The Bertz CT molecular complexity index is 598. The molecule has 0 spiro atoms. The minimum absolute atomic E-state index is 0.0526. The van der Waals surface area contributed by atoms with Gasteiger partial charge in [-0.05, 0) is 36.6 Å². The molecular weight excluding hydrogens is 264 g/mol. The van der Waals surface area contributed by atoms with E-state index in [-0.39, 0.29) is 11.3 Å². The monoisotopic (exact) mass is 284 g/mol. The maximum absolute atomic E-state index is 12.5. The Kier molecular flexibility index (Phi) is 3.75. The number of aromatic amines is 1. The molecule has 1 heterocycles. The first-order valence-electron chi connectivity index (χ1n) is 7.35. The van der Waals surface area contributed by atoms with E-state index >= 15 is 0 Å². The van der Waals surface area contributed by atoms with Gasteiger partial charge in [-0.15, -0.1) is 0 Å². The van der Waals surface area contributed by atoms with Gasteiger partial charge in [0.1, 0.15) is 0 Å². The van der Waals surface area contributed by atoms with Gasteiger partial charge in [-0.2, -0.15) is 5.10 Å². The van der Waals surface area contributed by atoms with Crippen molar-refractivity contribution in [3.05, 3.63) is 36.5 Å². The third-order valence-electron chi connectivity index (χ3n) is 4.39. The summed E-state index contributed by atoms with van der Waals surface area (Å²) in [5.41, 5.74) is 8.28. The second kappa shape index (κ2) is 5.69. The quantitative estimate of drug-likeness (QED) is 0.806. The summed E-state index contributed by atoms with van der Waals surface area (Å²) in [6.45, 7) is 0.422. The largest absolute Gasteiger partial charge is 0.329 e. The van der Waals surface area contributed by atoms with Gasteiger partial charge in [-0.3, -0.25) is 9.89 Å². The molecule has 0 saturated heterocycles. The topological polar surface area (TPSA) is 83.8 Å². The Morgan fingerprint density at radius 3 is 2.52 bits per heavy atom. The zero-order chi connectivity index (χ0) is 14.7. The Morgan fingerprint density at radius 2 is 1.95 bits per heavy atom. The first kappa shape index (κ1) is 13.8. The van der Waals surface area contributed by atoms with E-state index in [9.17, 15) is 4.79 Å². The summed E-state index contributed by atoms with van der Waals surface area (Å²) in [4.78, 5) is 12.5. The summed E-state index contributed by atoms with van der Waals surface area (Å²) in [7, 11) is 0. The van der Waals surface area contributed by atoms with E-state index in [0.717, 1.165) is 42.6 Å². The average molecular weight is 284 g/mol. The van der Waals surface area contributed by atoms with Crippen LogP contribution in [0.4, 0.5) is 5.69 Å². The molecule has 4 N–H and O–H groups in total. The number of H-pyrrole nitrogens is 1. The molecule has 3 rings (SSSR count). The highest BCUT2D eigenvalue weighted by Crippen LogP contribution is 2.38. The van der Waals surface area contributed by atoms with Crippen LogP contribution in [-0.2, 0) is 4.79 Å². The molecule has 1 aromatic heterocycles. The van der Waals surface area contributed by atoms with Crippen LogP contribution in [0.15, 0.2) is 36.5 Å². The average Bonchev–Trinajstić information content (AvgIpc) is 3.20. The maximum Gasteiger partial charge on any atom is 0.231 e. The fourth-order valence-corrected chi connectivity index (χ4v) is 2.99.